The summed E-state index contributed by atoms with van der Waals surface area (Å²) in [7, 11) is 5.62. The summed E-state index contributed by atoms with van der Waals surface area (Å²) in [4.78, 5) is 8.19. The molecular formula is C22H30N6O2S. The molecule has 2 heterocycles. The number of hydrogen-bond donors (Lipinski definition) is 1. The van der Waals surface area contributed by atoms with E-state index in [1.807, 2.05) is 49.9 Å². The third kappa shape index (κ3) is 6.71. The number of nitrogens with zero attached hydrogens (tertiary/aromatic N) is 5. The van der Waals surface area contributed by atoms with Gasteiger partial charge in [-0.1, -0.05) is 6.07 Å². The van der Waals surface area contributed by atoms with Crippen LogP contribution in [0.4, 0.5) is 0 Å². The molecule has 0 saturated heterocycles. The summed E-state index contributed by atoms with van der Waals surface area (Å²) in [6.45, 7) is 4.43. The number of methoxy groups -OCH3 is 1. The van der Waals surface area contributed by atoms with Crippen molar-refractivity contribution in [1.82, 2.24) is 25.0 Å². The third-order valence-electron chi connectivity index (χ3n) is 4.90. The number of rotatable bonds is 10. The summed E-state index contributed by atoms with van der Waals surface area (Å²) in [5.74, 6) is 4.15. The summed E-state index contributed by atoms with van der Waals surface area (Å²) in [5.41, 5.74) is 0. The molecule has 9 heteroatoms. The molecule has 0 saturated carbocycles. The third-order valence-corrected chi connectivity index (χ3v) is 5.84. The summed E-state index contributed by atoms with van der Waals surface area (Å²) < 4.78 is 13.0. The number of benzene rings is 1. The van der Waals surface area contributed by atoms with Crippen molar-refractivity contribution in [2.24, 2.45) is 12.0 Å². The SMILES string of the molecule is COc1ccc(OCCN(C)C(=NCc2nnc(C)n2C)NCCc2cccs2)cc1. The monoisotopic (exact) mass is 442 g/mol. The molecule has 0 aliphatic heterocycles. The maximum atomic E-state index is 5.87. The van der Waals surface area contributed by atoms with Gasteiger partial charge >= 0.3 is 0 Å². The standard InChI is InChI=1S/C22H30N6O2S/c1-17-25-26-21(28(17)3)16-24-22(23-12-11-20-6-5-15-31-20)27(2)13-14-30-19-9-7-18(29-4)8-10-19/h5-10,15H,11-14,16H2,1-4H3,(H,23,24). The van der Waals surface area contributed by atoms with Gasteiger partial charge in [0.15, 0.2) is 11.8 Å². The van der Waals surface area contributed by atoms with Gasteiger partial charge in [-0.15, -0.1) is 21.5 Å². The van der Waals surface area contributed by atoms with Gasteiger partial charge in [-0.05, 0) is 49.1 Å². The van der Waals surface area contributed by atoms with Crippen molar-refractivity contribution in [1.29, 1.82) is 0 Å². The van der Waals surface area contributed by atoms with Crippen LogP contribution >= 0.6 is 11.3 Å². The lowest BCUT2D eigenvalue weighted by Crippen LogP contribution is -2.41. The molecule has 0 bridgehead atoms. The van der Waals surface area contributed by atoms with Crippen LogP contribution in [-0.4, -0.2) is 59.5 Å². The topological polar surface area (TPSA) is 76.8 Å². The number of aliphatic imine (C=N–C) groups is 1. The Kier molecular flexibility index (Phi) is 8.28. The minimum Gasteiger partial charge on any atom is -0.497 e. The van der Waals surface area contributed by atoms with E-state index in [9.17, 15) is 0 Å². The Balaban J connectivity index is 1.57. The molecule has 0 amide bonds. The molecule has 0 atom stereocenters. The van der Waals surface area contributed by atoms with Crippen molar-refractivity contribution in [2.75, 3.05) is 33.9 Å². The zero-order valence-corrected chi connectivity index (χ0v) is 19.4. The lowest BCUT2D eigenvalue weighted by Gasteiger charge is -2.22. The van der Waals surface area contributed by atoms with E-state index >= 15 is 0 Å². The summed E-state index contributed by atoms with van der Waals surface area (Å²) in [6, 6.07) is 11.8. The Hall–Kier alpha value is -3.07. The molecule has 0 unspecified atom stereocenters. The molecule has 8 nitrogen and oxygen atoms in total. The normalized spacial score (nSPS) is 11.4. The first-order valence-electron chi connectivity index (χ1n) is 10.2. The Morgan fingerprint density at radius 3 is 2.61 bits per heavy atom. The van der Waals surface area contributed by atoms with Gasteiger partial charge in [-0.3, -0.25) is 0 Å². The molecular weight excluding hydrogens is 412 g/mol. The Labute approximate surface area is 187 Å². The van der Waals surface area contributed by atoms with Crippen molar-refractivity contribution >= 4 is 17.3 Å². The van der Waals surface area contributed by atoms with Crippen LogP contribution in [0.3, 0.4) is 0 Å². The van der Waals surface area contributed by atoms with E-state index in [0.29, 0.717) is 19.7 Å². The minimum absolute atomic E-state index is 0.461. The van der Waals surface area contributed by atoms with Gasteiger partial charge in [-0.25, -0.2) is 4.99 Å². The predicted octanol–water partition coefficient (Wildman–Crippen LogP) is 2.89. The van der Waals surface area contributed by atoms with E-state index in [2.05, 4.69) is 37.9 Å². The average Bonchev–Trinajstić information content (AvgIpc) is 3.41. The first-order valence-corrected chi connectivity index (χ1v) is 11.1. The molecule has 166 valence electrons. The smallest absolute Gasteiger partial charge is 0.194 e. The summed E-state index contributed by atoms with van der Waals surface area (Å²) in [6.07, 6.45) is 0.954. The number of likely N-dealkylation sites (N-methyl/N-ethyl adjacent to an activating group) is 1. The van der Waals surface area contributed by atoms with Crippen molar-refractivity contribution in [3.63, 3.8) is 0 Å². The van der Waals surface area contributed by atoms with E-state index in [-0.39, 0.29) is 0 Å². The number of aromatic nitrogens is 3. The van der Waals surface area contributed by atoms with E-state index in [0.717, 1.165) is 42.1 Å². The Bertz CT molecular complexity index is 953. The van der Waals surface area contributed by atoms with Gasteiger partial charge in [0, 0.05) is 25.5 Å². The predicted molar refractivity (Wildman–Crippen MR) is 124 cm³/mol. The number of nitrogens with one attached hydrogen (secondary N) is 1. The molecule has 1 aromatic carbocycles. The Morgan fingerprint density at radius 1 is 1.19 bits per heavy atom. The maximum Gasteiger partial charge on any atom is 0.194 e. The molecule has 0 spiro atoms. The molecule has 1 N–H and O–H groups in total. The van der Waals surface area contributed by atoms with Gasteiger partial charge in [0.1, 0.15) is 30.5 Å². The fraction of sp³-hybridized carbons (Fsp3) is 0.409. The summed E-state index contributed by atoms with van der Waals surface area (Å²) >= 11 is 1.77. The van der Waals surface area contributed by atoms with Gasteiger partial charge in [0.05, 0.1) is 13.7 Å². The van der Waals surface area contributed by atoms with E-state index in [1.165, 1.54) is 4.88 Å². The first kappa shape index (κ1) is 22.6. The minimum atomic E-state index is 0.461. The van der Waals surface area contributed by atoms with Crippen molar-refractivity contribution in [3.8, 4) is 11.5 Å². The van der Waals surface area contributed by atoms with Gasteiger partial charge < -0.3 is 24.3 Å². The lowest BCUT2D eigenvalue weighted by molar-refractivity contribution is 0.281. The molecule has 2 aromatic heterocycles. The van der Waals surface area contributed by atoms with Crippen LogP contribution in [0.25, 0.3) is 0 Å². The van der Waals surface area contributed by atoms with Crippen LogP contribution in [0.1, 0.15) is 16.5 Å². The van der Waals surface area contributed by atoms with E-state index in [1.54, 1.807) is 18.4 Å². The highest BCUT2D eigenvalue weighted by Crippen LogP contribution is 2.16. The average molecular weight is 443 g/mol. The Morgan fingerprint density at radius 2 is 1.97 bits per heavy atom. The van der Waals surface area contributed by atoms with Crippen LogP contribution in [0, 0.1) is 6.92 Å². The second-order valence-corrected chi connectivity index (χ2v) is 8.10. The van der Waals surface area contributed by atoms with Gasteiger partial charge in [0.2, 0.25) is 0 Å². The second kappa shape index (κ2) is 11.4. The lowest BCUT2D eigenvalue weighted by atomic mass is 10.3. The number of aryl methyl sites for hydroxylation is 1. The van der Waals surface area contributed by atoms with Crippen LogP contribution < -0.4 is 14.8 Å². The quantitative estimate of drug-likeness (QED) is 0.384. The van der Waals surface area contributed by atoms with E-state index in [4.69, 9.17) is 14.5 Å². The van der Waals surface area contributed by atoms with Crippen molar-refractivity contribution < 1.29 is 9.47 Å². The van der Waals surface area contributed by atoms with Crippen molar-refractivity contribution in [3.05, 3.63) is 58.3 Å². The van der Waals surface area contributed by atoms with Crippen molar-refractivity contribution in [2.45, 2.75) is 19.9 Å². The molecule has 0 aliphatic carbocycles. The zero-order valence-electron chi connectivity index (χ0n) is 18.5. The molecule has 3 aromatic rings. The molecule has 3 rings (SSSR count). The molecule has 0 aliphatic rings. The van der Waals surface area contributed by atoms with Crippen LogP contribution in [0.15, 0.2) is 46.8 Å². The number of thiophene rings is 1. The van der Waals surface area contributed by atoms with Crippen LogP contribution in [0.5, 0.6) is 11.5 Å². The number of guanidine groups is 1. The van der Waals surface area contributed by atoms with E-state index < -0.39 is 0 Å². The highest BCUT2D eigenvalue weighted by Gasteiger charge is 2.09. The molecule has 31 heavy (non-hydrogen) atoms. The largest absolute Gasteiger partial charge is 0.497 e. The fourth-order valence-corrected chi connectivity index (χ4v) is 3.59. The fourth-order valence-electron chi connectivity index (χ4n) is 2.88. The maximum absolute atomic E-state index is 5.87. The van der Waals surface area contributed by atoms with Crippen LogP contribution in [0.2, 0.25) is 0 Å². The number of hydrogen-bond acceptors (Lipinski definition) is 6. The zero-order chi connectivity index (χ0) is 22.1. The van der Waals surface area contributed by atoms with Gasteiger partial charge in [0.25, 0.3) is 0 Å². The highest BCUT2D eigenvalue weighted by molar-refractivity contribution is 7.09. The molecule has 0 fully saturated rings. The first-order chi connectivity index (χ1) is 15.1. The van der Waals surface area contributed by atoms with Gasteiger partial charge in [-0.2, -0.15) is 0 Å². The number of ether oxygens (including phenoxy) is 2. The highest BCUT2D eigenvalue weighted by atomic mass is 32.1. The second-order valence-electron chi connectivity index (χ2n) is 7.06. The van der Waals surface area contributed by atoms with Crippen LogP contribution in [-0.2, 0) is 20.0 Å². The summed E-state index contributed by atoms with van der Waals surface area (Å²) in [5, 5.41) is 13.9. The molecule has 0 radical (unpaired) electrons.